The molecular weight excluding hydrogens is 412 g/mol. The lowest BCUT2D eigenvalue weighted by atomic mass is 10.1. The summed E-state index contributed by atoms with van der Waals surface area (Å²) in [6.07, 6.45) is 0.323. The Morgan fingerprint density at radius 1 is 1.03 bits per heavy atom. The second kappa shape index (κ2) is 10.3. The second-order valence-corrected chi connectivity index (χ2v) is 9.41. The minimum atomic E-state index is 0.0101. The van der Waals surface area contributed by atoms with Crippen molar-refractivity contribution in [3.8, 4) is 9.88 Å². The van der Waals surface area contributed by atoms with Crippen molar-refractivity contribution in [3.05, 3.63) is 64.0 Å². The zero-order chi connectivity index (χ0) is 20.8. The molecule has 1 saturated heterocycles. The second-order valence-electron chi connectivity index (χ2n) is 7.60. The third kappa shape index (κ3) is 5.76. The Kier molecular flexibility index (Phi) is 7.28. The number of likely N-dealkylation sites (N-methyl/N-ethyl adjacent to an activating group) is 1. The number of carbonyl (C=O) groups excluding carboxylic acids is 1. The Morgan fingerprint density at radius 2 is 1.77 bits per heavy atom. The number of carbonyl (C=O) groups is 1. The van der Waals surface area contributed by atoms with Crippen LogP contribution in [0.5, 0.6) is 0 Å². The number of thiophene rings is 1. The molecule has 5 nitrogen and oxygen atoms in total. The molecule has 0 radical (unpaired) electrons. The Hall–Kier alpha value is -2.06. The Balaban J connectivity index is 1.22. The molecule has 0 unspecified atom stereocenters. The maximum absolute atomic E-state index is 12.3. The van der Waals surface area contributed by atoms with E-state index in [2.05, 4.69) is 57.4 Å². The van der Waals surface area contributed by atoms with Gasteiger partial charge in [-0.15, -0.1) is 22.7 Å². The van der Waals surface area contributed by atoms with Gasteiger partial charge in [-0.3, -0.25) is 9.69 Å². The standard InChI is InChI=1S/C23H28N4OS2/c1-2-26-9-11-27(12-10-26)16-19-7-5-18(6-8-19)15-24-22(28)14-20-17-30-23(25-20)21-4-3-13-29-21/h3-8,13,17H,2,9-12,14-16H2,1H3,(H,24,28). The van der Waals surface area contributed by atoms with Crippen molar-refractivity contribution in [2.75, 3.05) is 32.7 Å². The summed E-state index contributed by atoms with van der Waals surface area (Å²) in [7, 11) is 0. The van der Waals surface area contributed by atoms with Crippen molar-refractivity contribution in [3.63, 3.8) is 0 Å². The molecule has 0 saturated carbocycles. The molecule has 1 aliphatic rings. The zero-order valence-electron chi connectivity index (χ0n) is 17.3. The van der Waals surface area contributed by atoms with Crippen molar-refractivity contribution in [2.24, 2.45) is 0 Å². The van der Waals surface area contributed by atoms with E-state index in [1.54, 1.807) is 22.7 Å². The fraction of sp³-hybridized carbons (Fsp3) is 0.391. The van der Waals surface area contributed by atoms with E-state index in [0.717, 1.165) is 60.4 Å². The molecule has 158 valence electrons. The molecule has 4 rings (SSSR count). The van der Waals surface area contributed by atoms with Crippen LogP contribution in [-0.2, 0) is 24.3 Å². The molecule has 0 atom stereocenters. The van der Waals surface area contributed by atoms with Crippen molar-refractivity contribution in [1.82, 2.24) is 20.1 Å². The molecule has 1 fully saturated rings. The number of hydrogen-bond donors (Lipinski definition) is 1. The van der Waals surface area contributed by atoms with Crippen LogP contribution in [0.1, 0.15) is 23.7 Å². The highest BCUT2D eigenvalue weighted by atomic mass is 32.1. The van der Waals surface area contributed by atoms with Crippen LogP contribution in [0.15, 0.2) is 47.2 Å². The summed E-state index contributed by atoms with van der Waals surface area (Å²) in [6.45, 7) is 9.52. The number of piperazine rings is 1. The van der Waals surface area contributed by atoms with Crippen LogP contribution in [0.4, 0.5) is 0 Å². The molecule has 0 spiro atoms. The lowest BCUT2D eigenvalue weighted by Gasteiger charge is -2.34. The Morgan fingerprint density at radius 3 is 2.47 bits per heavy atom. The summed E-state index contributed by atoms with van der Waals surface area (Å²) in [4.78, 5) is 23.1. The van der Waals surface area contributed by atoms with Crippen molar-refractivity contribution >= 4 is 28.6 Å². The minimum absolute atomic E-state index is 0.0101. The molecule has 0 aliphatic carbocycles. The van der Waals surface area contributed by atoms with Crippen LogP contribution < -0.4 is 5.32 Å². The molecule has 3 aromatic rings. The maximum atomic E-state index is 12.3. The molecule has 1 amide bonds. The molecule has 30 heavy (non-hydrogen) atoms. The van der Waals surface area contributed by atoms with Crippen LogP contribution in [-0.4, -0.2) is 53.4 Å². The summed E-state index contributed by atoms with van der Waals surface area (Å²) >= 11 is 3.26. The number of nitrogens with zero attached hydrogens (tertiary/aromatic N) is 3. The van der Waals surface area contributed by atoms with E-state index < -0.39 is 0 Å². The van der Waals surface area contributed by atoms with Gasteiger partial charge in [-0.25, -0.2) is 4.98 Å². The number of benzene rings is 1. The molecule has 0 bridgehead atoms. The molecule has 1 aromatic carbocycles. The van der Waals surface area contributed by atoms with Gasteiger partial charge in [0, 0.05) is 44.6 Å². The van der Waals surface area contributed by atoms with Gasteiger partial charge in [0.15, 0.2) is 0 Å². The van der Waals surface area contributed by atoms with Gasteiger partial charge in [-0.2, -0.15) is 0 Å². The Bertz CT molecular complexity index is 929. The van der Waals surface area contributed by atoms with Crippen LogP contribution in [0, 0.1) is 0 Å². The molecule has 1 N–H and O–H groups in total. The number of amides is 1. The third-order valence-corrected chi connectivity index (χ3v) is 7.39. The fourth-order valence-corrected chi connectivity index (χ4v) is 5.25. The molecule has 2 aromatic heterocycles. The average Bonchev–Trinajstić information content (AvgIpc) is 3.46. The van der Waals surface area contributed by atoms with Gasteiger partial charge in [-0.1, -0.05) is 37.3 Å². The number of rotatable bonds is 8. The highest BCUT2D eigenvalue weighted by Crippen LogP contribution is 2.27. The quantitative estimate of drug-likeness (QED) is 0.578. The largest absolute Gasteiger partial charge is 0.352 e. The summed E-state index contributed by atoms with van der Waals surface area (Å²) in [5.74, 6) is 0.0101. The smallest absolute Gasteiger partial charge is 0.226 e. The number of nitrogens with one attached hydrogen (secondary N) is 1. The van der Waals surface area contributed by atoms with E-state index in [1.807, 2.05) is 16.8 Å². The average molecular weight is 441 g/mol. The van der Waals surface area contributed by atoms with Crippen molar-refractivity contribution < 1.29 is 4.79 Å². The maximum Gasteiger partial charge on any atom is 0.226 e. The lowest BCUT2D eigenvalue weighted by molar-refractivity contribution is -0.120. The predicted octanol–water partition coefficient (Wildman–Crippen LogP) is 3.87. The SMILES string of the molecule is CCN1CCN(Cc2ccc(CNC(=O)Cc3csc(-c4cccs4)n3)cc2)CC1. The van der Waals surface area contributed by atoms with Gasteiger partial charge >= 0.3 is 0 Å². The highest BCUT2D eigenvalue weighted by molar-refractivity contribution is 7.20. The summed E-state index contributed by atoms with van der Waals surface area (Å²) in [5, 5.41) is 8.02. The van der Waals surface area contributed by atoms with Crippen molar-refractivity contribution in [1.29, 1.82) is 0 Å². The first-order valence-electron chi connectivity index (χ1n) is 10.5. The summed E-state index contributed by atoms with van der Waals surface area (Å²) in [5.41, 5.74) is 3.29. The van der Waals surface area contributed by atoms with Gasteiger partial charge in [-0.05, 0) is 29.1 Å². The zero-order valence-corrected chi connectivity index (χ0v) is 19.0. The molecule has 7 heteroatoms. The third-order valence-electron chi connectivity index (χ3n) is 5.46. The van der Waals surface area contributed by atoms with Gasteiger partial charge in [0.05, 0.1) is 17.0 Å². The van der Waals surface area contributed by atoms with E-state index in [9.17, 15) is 4.79 Å². The van der Waals surface area contributed by atoms with E-state index in [1.165, 1.54) is 5.56 Å². The molecular formula is C23H28N4OS2. The van der Waals surface area contributed by atoms with E-state index in [4.69, 9.17) is 0 Å². The van der Waals surface area contributed by atoms with E-state index in [0.29, 0.717) is 13.0 Å². The summed E-state index contributed by atoms with van der Waals surface area (Å²) < 4.78 is 0. The van der Waals surface area contributed by atoms with Crippen molar-refractivity contribution in [2.45, 2.75) is 26.4 Å². The Labute approximate surface area is 186 Å². The molecule has 1 aliphatic heterocycles. The highest BCUT2D eigenvalue weighted by Gasteiger charge is 2.15. The monoisotopic (exact) mass is 440 g/mol. The summed E-state index contributed by atoms with van der Waals surface area (Å²) in [6, 6.07) is 12.7. The first-order chi connectivity index (χ1) is 14.7. The minimum Gasteiger partial charge on any atom is -0.352 e. The number of thiazole rings is 1. The lowest BCUT2D eigenvalue weighted by Crippen LogP contribution is -2.45. The topological polar surface area (TPSA) is 48.5 Å². The van der Waals surface area contributed by atoms with E-state index >= 15 is 0 Å². The van der Waals surface area contributed by atoms with E-state index in [-0.39, 0.29) is 5.91 Å². The van der Waals surface area contributed by atoms with Crippen LogP contribution in [0.2, 0.25) is 0 Å². The number of hydrogen-bond acceptors (Lipinski definition) is 6. The van der Waals surface area contributed by atoms with Crippen LogP contribution in [0.25, 0.3) is 9.88 Å². The van der Waals surface area contributed by atoms with Gasteiger partial charge in [0.1, 0.15) is 5.01 Å². The predicted molar refractivity (Wildman–Crippen MR) is 125 cm³/mol. The van der Waals surface area contributed by atoms with Gasteiger partial charge in [0.2, 0.25) is 5.91 Å². The first-order valence-corrected chi connectivity index (χ1v) is 12.2. The molecule has 3 heterocycles. The van der Waals surface area contributed by atoms with Gasteiger partial charge < -0.3 is 10.2 Å². The van der Waals surface area contributed by atoms with Gasteiger partial charge in [0.25, 0.3) is 0 Å². The normalized spacial score (nSPS) is 15.4. The number of aromatic nitrogens is 1. The fourth-order valence-electron chi connectivity index (χ4n) is 3.61. The van der Waals surface area contributed by atoms with Crippen LogP contribution in [0.3, 0.4) is 0 Å². The van der Waals surface area contributed by atoms with Crippen LogP contribution >= 0.6 is 22.7 Å². The first kappa shape index (κ1) is 21.2.